The van der Waals surface area contributed by atoms with Crippen LogP contribution in [0.5, 0.6) is 0 Å². The Morgan fingerprint density at radius 2 is 1.84 bits per heavy atom. The average molecular weight is 266 g/mol. The standard InChI is InChI=1S/C16H26O3/c1-14(11-15(2)17)7-6-10-18-13-19-12-16-8-4-3-5-9-16/h3-5,8-9,14-15,17H,6-7,10-13H2,1-2H3. The van der Waals surface area contributed by atoms with Crippen LogP contribution in [0.2, 0.25) is 0 Å². The van der Waals surface area contributed by atoms with Crippen molar-refractivity contribution in [2.75, 3.05) is 13.4 Å². The molecular weight excluding hydrogens is 240 g/mol. The van der Waals surface area contributed by atoms with E-state index in [1.165, 1.54) is 0 Å². The van der Waals surface area contributed by atoms with E-state index in [-0.39, 0.29) is 6.10 Å². The third kappa shape index (κ3) is 8.76. The number of hydrogen-bond acceptors (Lipinski definition) is 3. The van der Waals surface area contributed by atoms with Crippen molar-refractivity contribution in [3.05, 3.63) is 35.9 Å². The molecule has 3 nitrogen and oxygen atoms in total. The fourth-order valence-electron chi connectivity index (χ4n) is 2.09. The lowest BCUT2D eigenvalue weighted by atomic mass is 9.99. The Hall–Kier alpha value is -0.900. The van der Waals surface area contributed by atoms with Crippen LogP contribution in [-0.4, -0.2) is 24.6 Å². The highest BCUT2D eigenvalue weighted by Crippen LogP contribution is 2.12. The molecular formula is C16H26O3. The first-order valence-corrected chi connectivity index (χ1v) is 7.06. The van der Waals surface area contributed by atoms with Crippen molar-refractivity contribution in [1.82, 2.24) is 0 Å². The number of benzene rings is 1. The third-order valence-corrected chi connectivity index (χ3v) is 3.01. The van der Waals surface area contributed by atoms with Crippen LogP contribution in [-0.2, 0) is 16.1 Å². The summed E-state index contributed by atoms with van der Waals surface area (Å²) in [6.45, 7) is 5.67. The molecule has 0 aromatic heterocycles. The number of hydrogen-bond donors (Lipinski definition) is 1. The van der Waals surface area contributed by atoms with Gasteiger partial charge in [-0.2, -0.15) is 0 Å². The minimum atomic E-state index is -0.204. The highest BCUT2D eigenvalue weighted by atomic mass is 16.7. The number of ether oxygens (including phenoxy) is 2. The SMILES string of the molecule is CC(O)CC(C)CCCOCOCc1ccccc1. The normalized spacial score (nSPS) is 14.3. The Morgan fingerprint density at radius 3 is 2.53 bits per heavy atom. The Kier molecular flexibility index (Phi) is 8.47. The summed E-state index contributed by atoms with van der Waals surface area (Å²) >= 11 is 0. The molecule has 0 aliphatic heterocycles. The van der Waals surface area contributed by atoms with Crippen molar-refractivity contribution < 1.29 is 14.6 Å². The molecule has 1 aromatic rings. The van der Waals surface area contributed by atoms with Crippen molar-refractivity contribution in [2.24, 2.45) is 5.92 Å². The van der Waals surface area contributed by atoms with E-state index < -0.39 is 0 Å². The Morgan fingerprint density at radius 1 is 1.11 bits per heavy atom. The van der Waals surface area contributed by atoms with E-state index in [9.17, 15) is 5.11 Å². The van der Waals surface area contributed by atoms with Crippen LogP contribution in [0.4, 0.5) is 0 Å². The lowest BCUT2D eigenvalue weighted by molar-refractivity contribution is -0.0629. The Balaban J connectivity index is 1.91. The summed E-state index contributed by atoms with van der Waals surface area (Å²) in [6, 6.07) is 10.1. The summed E-state index contributed by atoms with van der Waals surface area (Å²) in [5.41, 5.74) is 1.16. The van der Waals surface area contributed by atoms with Crippen LogP contribution >= 0.6 is 0 Å². The molecule has 0 spiro atoms. The van der Waals surface area contributed by atoms with Gasteiger partial charge in [0.2, 0.25) is 0 Å². The van der Waals surface area contributed by atoms with Crippen molar-refractivity contribution in [2.45, 2.75) is 45.8 Å². The number of aliphatic hydroxyl groups excluding tert-OH is 1. The molecule has 0 aliphatic carbocycles. The smallest absolute Gasteiger partial charge is 0.147 e. The van der Waals surface area contributed by atoms with Crippen LogP contribution < -0.4 is 0 Å². The van der Waals surface area contributed by atoms with Gasteiger partial charge >= 0.3 is 0 Å². The third-order valence-electron chi connectivity index (χ3n) is 3.01. The van der Waals surface area contributed by atoms with Gasteiger partial charge in [-0.15, -0.1) is 0 Å². The van der Waals surface area contributed by atoms with E-state index in [2.05, 4.69) is 6.92 Å². The maximum atomic E-state index is 9.25. The molecule has 0 bridgehead atoms. The fourth-order valence-corrected chi connectivity index (χ4v) is 2.09. The van der Waals surface area contributed by atoms with E-state index in [1.807, 2.05) is 37.3 Å². The largest absolute Gasteiger partial charge is 0.393 e. The zero-order valence-corrected chi connectivity index (χ0v) is 12.0. The van der Waals surface area contributed by atoms with E-state index in [0.717, 1.165) is 31.4 Å². The van der Waals surface area contributed by atoms with E-state index in [4.69, 9.17) is 9.47 Å². The van der Waals surface area contributed by atoms with Gasteiger partial charge in [0.1, 0.15) is 6.79 Å². The minimum absolute atomic E-state index is 0.204. The second kappa shape index (κ2) is 9.96. The lowest BCUT2D eigenvalue weighted by Crippen LogP contribution is -2.08. The predicted molar refractivity (Wildman–Crippen MR) is 76.7 cm³/mol. The van der Waals surface area contributed by atoms with Crippen LogP contribution in [0, 0.1) is 5.92 Å². The summed E-state index contributed by atoms with van der Waals surface area (Å²) in [5, 5.41) is 9.25. The molecule has 0 aliphatic rings. The van der Waals surface area contributed by atoms with Crippen molar-refractivity contribution in [1.29, 1.82) is 0 Å². The van der Waals surface area contributed by atoms with Gasteiger partial charge in [0.15, 0.2) is 0 Å². The topological polar surface area (TPSA) is 38.7 Å². The van der Waals surface area contributed by atoms with Gasteiger partial charge in [0, 0.05) is 6.61 Å². The highest BCUT2D eigenvalue weighted by Gasteiger charge is 2.05. The monoisotopic (exact) mass is 266 g/mol. The summed E-state index contributed by atoms with van der Waals surface area (Å²) in [4.78, 5) is 0. The Labute approximate surface area is 116 Å². The minimum Gasteiger partial charge on any atom is -0.393 e. The van der Waals surface area contributed by atoms with E-state index in [0.29, 0.717) is 19.3 Å². The molecule has 2 unspecified atom stereocenters. The molecule has 1 aromatic carbocycles. The fraction of sp³-hybridized carbons (Fsp3) is 0.625. The summed E-state index contributed by atoms with van der Waals surface area (Å²) < 4.78 is 10.9. The molecule has 3 heteroatoms. The molecule has 0 amide bonds. The predicted octanol–water partition coefficient (Wildman–Crippen LogP) is 3.36. The average Bonchev–Trinajstić information content (AvgIpc) is 2.38. The van der Waals surface area contributed by atoms with Gasteiger partial charge in [-0.05, 0) is 37.7 Å². The molecule has 0 saturated heterocycles. The first-order chi connectivity index (χ1) is 9.18. The zero-order chi connectivity index (χ0) is 13.9. The van der Waals surface area contributed by atoms with E-state index in [1.54, 1.807) is 0 Å². The maximum absolute atomic E-state index is 9.25. The van der Waals surface area contributed by atoms with Crippen LogP contribution in [0.25, 0.3) is 0 Å². The van der Waals surface area contributed by atoms with Crippen molar-refractivity contribution >= 4 is 0 Å². The van der Waals surface area contributed by atoms with Gasteiger partial charge in [0.05, 0.1) is 12.7 Å². The number of aliphatic hydroxyl groups is 1. The molecule has 0 radical (unpaired) electrons. The molecule has 2 atom stereocenters. The molecule has 0 fully saturated rings. The molecule has 1 rings (SSSR count). The first kappa shape index (κ1) is 16.2. The van der Waals surface area contributed by atoms with E-state index >= 15 is 0 Å². The highest BCUT2D eigenvalue weighted by molar-refractivity contribution is 5.13. The number of rotatable bonds is 10. The van der Waals surface area contributed by atoms with Crippen molar-refractivity contribution in [3.8, 4) is 0 Å². The van der Waals surface area contributed by atoms with Crippen molar-refractivity contribution in [3.63, 3.8) is 0 Å². The molecule has 1 N–H and O–H groups in total. The molecule has 0 saturated carbocycles. The van der Waals surface area contributed by atoms with Crippen LogP contribution in [0.1, 0.15) is 38.7 Å². The first-order valence-electron chi connectivity index (χ1n) is 7.06. The van der Waals surface area contributed by atoms with Gasteiger partial charge in [-0.1, -0.05) is 37.3 Å². The summed E-state index contributed by atoms with van der Waals surface area (Å²) in [7, 11) is 0. The molecule has 0 heterocycles. The zero-order valence-electron chi connectivity index (χ0n) is 12.0. The van der Waals surface area contributed by atoms with Gasteiger partial charge < -0.3 is 14.6 Å². The molecule has 108 valence electrons. The summed E-state index contributed by atoms with van der Waals surface area (Å²) in [6.07, 6.45) is 2.77. The Bertz CT molecular complexity index is 311. The second-order valence-corrected chi connectivity index (χ2v) is 5.19. The summed E-state index contributed by atoms with van der Waals surface area (Å²) in [5.74, 6) is 0.550. The van der Waals surface area contributed by atoms with Crippen LogP contribution in [0.15, 0.2) is 30.3 Å². The van der Waals surface area contributed by atoms with Gasteiger partial charge in [0.25, 0.3) is 0 Å². The van der Waals surface area contributed by atoms with Gasteiger partial charge in [-0.3, -0.25) is 0 Å². The van der Waals surface area contributed by atoms with Crippen LogP contribution in [0.3, 0.4) is 0 Å². The second-order valence-electron chi connectivity index (χ2n) is 5.19. The lowest BCUT2D eigenvalue weighted by Gasteiger charge is -2.13. The molecule has 19 heavy (non-hydrogen) atoms. The van der Waals surface area contributed by atoms with Gasteiger partial charge in [-0.25, -0.2) is 0 Å². The maximum Gasteiger partial charge on any atom is 0.147 e. The quantitative estimate of drug-likeness (QED) is 0.521.